The van der Waals surface area contributed by atoms with E-state index in [9.17, 15) is 9.18 Å². The van der Waals surface area contributed by atoms with Crippen LogP contribution in [-0.4, -0.2) is 16.6 Å². The number of aromatic amines is 1. The van der Waals surface area contributed by atoms with Crippen LogP contribution in [0.2, 0.25) is 0 Å². The van der Waals surface area contributed by atoms with Crippen LogP contribution in [0.4, 0.5) is 10.1 Å². The molecule has 27 heavy (non-hydrogen) atoms. The lowest BCUT2D eigenvalue weighted by atomic mass is 10.1. The van der Waals surface area contributed by atoms with E-state index in [2.05, 4.69) is 16.4 Å². The summed E-state index contributed by atoms with van der Waals surface area (Å²) in [6.07, 6.45) is 0. The molecule has 0 bridgehead atoms. The van der Waals surface area contributed by atoms with Crippen molar-refractivity contribution in [3.63, 3.8) is 0 Å². The maximum atomic E-state index is 13.0. The highest BCUT2D eigenvalue weighted by Crippen LogP contribution is 2.37. The van der Waals surface area contributed by atoms with Crippen LogP contribution in [0.1, 0.15) is 0 Å². The first-order chi connectivity index (χ1) is 13.2. The standard InChI is InChI=1S/C22H17FN2OS/c23-16-10-12-17(13-11-16)24-20(26)14-27-22-18-8-4-5-9-19(18)25-21(22)15-6-2-1-3-7-15/h1-13,25H,14H2,(H,24,26). The van der Waals surface area contributed by atoms with Crippen molar-refractivity contribution in [1.82, 2.24) is 4.98 Å². The van der Waals surface area contributed by atoms with Gasteiger partial charge in [0.15, 0.2) is 0 Å². The first kappa shape index (κ1) is 17.4. The molecule has 0 aliphatic carbocycles. The number of carbonyl (C=O) groups excluding carboxylic acids is 1. The number of rotatable bonds is 5. The molecule has 0 saturated heterocycles. The highest BCUT2D eigenvalue weighted by atomic mass is 32.2. The van der Waals surface area contributed by atoms with Crippen LogP contribution >= 0.6 is 11.8 Å². The first-order valence-electron chi connectivity index (χ1n) is 8.55. The van der Waals surface area contributed by atoms with Gasteiger partial charge in [0.05, 0.1) is 11.4 Å². The summed E-state index contributed by atoms with van der Waals surface area (Å²) in [6, 6.07) is 23.9. The Bertz CT molecular complexity index is 1070. The van der Waals surface area contributed by atoms with Crippen LogP contribution in [0, 0.1) is 5.82 Å². The lowest BCUT2D eigenvalue weighted by Crippen LogP contribution is -2.13. The van der Waals surface area contributed by atoms with Crippen molar-refractivity contribution in [1.29, 1.82) is 0 Å². The molecular formula is C22H17FN2OS. The molecule has 0 atom stereocenters. The molecule has 5 heteroatoms. The van der Waals surface area contributed by atoms with Crippen LogP contribution in [0.5, 0.6) is 0 Å². The summed E-state index contributed by atoms with van der Waals surface area (Å²) in [4.78, 5) is 16.9. The minimum Gasteiger partial charge on any atom is -0.354 e. The lowest BCUT2D eigenvalue weighted by molar-refractivity contribution is -0.113. The van der Waals surface area contributed by atoms with Crippen LogP contribution in [0.25, 0.3) is 22.2 Å². The van der Waals surface area contributed by atoms with E-state index in [1.165, 1.54) is 23.9 Å². The van der Waals surface area contributed by atoms with E-state index < -0.39 is 0 Å². The third-order valence-electron chi connectivity index (χ3n) is 4.20. The van der Waals surface area contributed by atoms with Crippen LogP contribution in [0.15, 0.2) is 83.8 Å². The number of hydrogen-bond donors (Lipinski definition) is 2. The molecule has 1 aromatic heterocycles. The van der Waals surface area contributed by atoms with Gasteiger partial charge in [-0.05, 0) is 35.9 Å². The van der Waals surface area contributed by atoms with Gasteiger partial charge in [0.25, 0.3) is 0 Å². The zero-order chi connectivity index (χ0) is 18.6. The van der Waals surface area contributed by atoms with Crippen LogP contribution in [-0.2, 0) is 4.79 Å². The Balaban J connectivity index is 1.57. The number of benzene rings is 3. The predicted octanol–water partition coefficient (Wildman–Crippen LogP) is 5.70. The van der Waals surface area contributed by atoms with E-state index in [1.54, 1.807) is 12.1 Å². The van der Waals surface area contributed by atoms with E-state index in [1.807, 2.05) is 48.5 Å². The molecular weight excluding hydrogens is 359 g/mol. The topological polar surface area (TPSA) is 44.9 Å². The summed E-state index contributed by atoms with van der Waals surface area (Å²) < 4.78 is 13.0. The molecule has 134 valence electrons. The average Bonchev–Trinajstić information content (AvgIpc) is 3.07. The van der Waals surface area contributed by atoms with E-state index in [-0.39, 0.29) is 17.5 Å². The quantitative estimate of drug-likeness (QED) is 0.439. The van der Waals surface area contributed by atoms with Crippen molar-refractivity contribution in [3.05, 3.63) is 84.7 Å². The second-order valence-electron chi connectivity index (χ2n) is 6.08. The SMILES string of the molecule is O=C(CSc1c(-c2ccccc2)[nH]c2ccccc12)Nc1ccc(F)cc1. The Hall–Kier alpha value is -3.05. The number of para-hydroxylation sites is 1. The van der Waals surface area contributed by atoms with Crippen molar-refractivity contribution >= 4 is 34.3 Å². The number of hydrogen-bond acceptors (Lipinski definition) is 2. The number of H-pyrrole nitrogens is 1. The molecule has 2 N–H and O–H groups in total. The second-order valence-corrected chi connectivity index (χ2v) is 7.07. The van der Waals surface area contributed by atoms with Gasteiger partial charge in [0, 0.05) is 21.5 Å². The van der Waals surface area contributed by atoms with Crippen LogP contribution < -0.4 is 5.32 Å². The number of halogens is 1. The fourth-order valence-corrected chi connectivity index (χ4v) is 3.94. The molecule has 4 aromatic rings. The molecule has 0 fully saturated rings. The molecule has 0 spiro atoms. The van der Waals surface area contributed by atoms with Gasteiger partial charge < -0.3 is 10.3 Å². The normalized spacial score (nSPS) is 10.9. The summed E-state index contributed by atoms with van der Waals surface area (Å²) in [5.74, 6) is -0.191. The van der Waals surface area contributed by atoms with Crippen LogP contribution in [0.3, 0.4) is 0 Å². The summed E-state index contributed by atoms with van der Waals surface area (Å²) in [5, 5.41) is 3.90. The van der Waals surface area contributed by atoms with E-state index in [0.717, 1.165) is 27.1 Å². The van der Waals surface area contributed by atoms with Gasteiger partial charge in [-0.3, -0.25) is 4.79 Å². The largest absolute Gasteiger partial charge is 0.354 e. The summed E-state index contributed by atoms with van der Waals surface area (Å²) in [7, 11) is 0. The molecule has 3 nitrogen and oxygen atoms in total. The Morgan fingerprint density at radius 2 is 1.63 bits per heavy atom. The van der Waals surface area contributed by atoms with Gasteiger partial charge in [0.2, 0.25) is 5.91 Å². The smallest absolute Gasteiger partial charge is 0.234 e. The summed E-state index contributed by atoms with van der Waals surface area (Å²) in [6.45, 7) is 0. The molecule has 4 rings (SSSR count). The van der Waals surface area contributed by atoms with E-state index in [0.29, 0.717) is 5.69 Å². The third-order valence-corrected chi connectivity index (χ3v) is 5.32. The van der Waals surface area contributed by atoms with Crippen molar-refractivity contribution in [3.8, 4) is 11.3 Å². The molecule has 1 heterocycles. The first-order valence-corrected chi connectivity index (χ1v) is 9.53. The molecule has 0 radical (unpaired) electrons. The Morgan fingerprint density at radius 1 is 0.926 bits per heavy atom. The monoisotopic (exact) mass is 376 g/mol. The van der Waals surface area contributed by atoms with Crippen molar-refractivity contribution in [2.75, 3.05) is 11.1 Å². The van der Waals surface area contributed by atoms with Gasteiger partial charge in [-0.15, -0.1) is 11.8 Å². The number of amides is 1. The molecule has 0 unspecified atom stereocenters. The number of fused-ring (bicyclic) bond motifs is 1. The molecule has 0 aliphatic rings. The van der Waals surface area contributed by atoms with Gasteiger partial charge >= 0.3 is 0 Å². The number of nitrogens with one attached hydrogen (secondary N) is 2. The summed E-state index contributed by atoms with van der Waals surface area (Å²) in [5.41, 5.74) is 3.72. The summed E-state index contributed by atoms with van der Waals surface area (Å²) >= 11 is 1.49. The van der Waals surface area contributed by atoms with Gasteiger partial charge in [-0.25, -0.2) is 4.39 Å². The molecule has 1 amide bonds. The molecule has 0 aliphatic heterocycles. The molecule has 0 saturated carbocycles. The lowest BCUT2D eigenvalue weighted by Gasteiger charge is -2.07. The van der Waals surface area contributed by atoms with E-state index >= 15 is 0 Å². The fourth-order valence-electron chi connectivity index (χ4n) is 2.94. The maximum absolute atomic E-state index is 13.0. The Kier molecular flexibility index (Phi) is 4.94. The average molecular weight is 376 g/mol. The zero-order valence-electron chi connectivity index (χ0n) is 14.4. The number of anilines is 1. The predicted molar refractivity (Wildman–Crippen MR) is 109 cm³/mol. The van der Waals surface area contributed by atoms with Crippen molar-refractivity contribution < 1.29 is 9.18 Å². The second kappa shape index (κ2) is 7.68. The Labute approximate surface area is 160 Å². The van der Waals surface area contributed by atoms with Crippen molar-refractivity contribution in [2.45, 2.75) is 4.90 Å². The fraction of sp³-hybridized carbons (Fsp3) is 0.0455. The number of carbonyl (C=O) groups is 1. The minimum atomic E-state index is -0.325. The van der Waals surface area contributed by atoms with Gasteiger partial charge in [0.1, 0.15) is 5.82 Å². The van der Waals surface area contributed by atoms with Crippen molar-refractivity contribution in [2.24, 2.45) is 0 Å². The van der Waals surface area contributed by atoms with E-state index in [4.69, 9.17) is 0 Å². The molecule has 3 aromatic carbocycles. The highest BCUT2D eigenvalue weighted by Gasteiger charge is 2.15. The number of aromatic nitrogens is 1. The Morgan fingerprint density at radius 3 is 2.41 bits per heavy atom. The third kappa shape index (κ3) is 3.88. The minimum absolute atomic E-state index is 0.129. The van der Waals surface area contributed by atoms with Gasteiger partial charge in [-0.2, -0.15) is 0 Å². The zero-order valence-corrected chi connectivity index (χ0v) is 15.2. The highest BCUT2D eigenvalue weighted by molar-refractivity contribution is 8.00. The maximum Gasteiger partial charge on any atom is 0.234 e. The number of thioether (sulfide) groups is 1. The van der Waals surface area contributed by atoms with Gasteiger partial charge in [-0.1, -0.05) is 48.5 Å².